The van der Waals surface area contributed by atoms with Crippen LogP contribution in [0.4, 0.5) is 5.82 Å². The molecule has 0 aliphatic carbocycles. The topological polar surface area (TPSA) is 50.3 Å². The van der Waals surface area contributed by atoms with Gasteiger partial charge in [-0.05, 0) is 33.2 Å². The van der Waals surface area contributed by atoms with E-state index < -0.39 is 0 Å². The average Bonchev–Trinajstić information content (AvgIpc) is 2.46. The molecule has 19 heavy (non-hydrogen) atoms. The molecule has 2 rings (SSSR count). The van der Waals surface area contributed by atoms with Crippen molar-refractivity contribution in [2.75, 3.05) is 31.6 Å². The zero-order chi connectivity index (χ0) is 13.7. The quantitative estimate of drug-likeness (QED) is 0.879. The summed E-state index contributed by atoms with van der Waals surface area (Å²) >= 11 is 0. The number of ether oxygens (including phenoxy) is 1. The minimum atomic E-state index is 0.255. The lowest BCUT2D eigenvalue weighted by molar-refractivity contribution is 0.299. The summed E-state index contributed by atoms with van der Waals surface area (Å²) in [7, 11) is 2.04. The Balaban J connectivity index is 1.99. The van der Waals surface area contributed by atoms with Crippen LogP contribution in [0.1, 0.15) is 33.1 Å². The predicted molar refractivity (Wildman–Crippen MR) is 76.7 cm³/mol. The molecule has 0 bridgehead atoms. The van der Waals surface area contributed by atoms with E-state index in [0.29, 0.717) is 12.5 Å². The zero-order valence-electron chi connectivity index (χ0n) is 12.1. The van der Waals surface area contributed by atoms with E-state index in [9.17, 15) is 0 Å². The summed E-state index contributed by atoms with van der Waals surface area (Å²) in [6.07, 6.45) is 4.83. The maximum absolute atomic E-state index is 5.56. The van der Waals surface area contributed by atoms with Crippen LogP contribution in [0.3, 0.4) is 0 Å². The van der Waals surface area contributed by atoms with Crippen LogP contribution in [0.2, 0.25) is 0 Å². The summed E-state index contributed by atoms with van der Waals surface area (Å²) in [6.45, 7) is 7.10. The molecule has 0 amide bonds. The Kier molecular flexibility index (Phi) is 4.58. The second kappa shape index (κ2) is 6.19. The van der Waals surface area contributed by atoms with Crippen molar-refractivity contribution < 1.29 is 4.74 Å². The lowest BCUT2D eigenvalue weighted by atomic mass is 9.90. The van der Waals surface area contributed by atoms with Crippen LogP contribution < -0.4 is 15.0 Å². The number of piperidine rings is 1. The molecule has 0 unspecified atom stereocenters. The van der Waals surface area contributed by atoms with E-state index >= 15 is 0 Å². The maximum Gasteiger partial charge on any atom is 0.218 e. The SMILES string of the molecule is CCCOc1cc(N2CCC(C)(NC)CC2)ncn1. The Morgan fingerprint density at radius 1 is 1.37 bits per heavy atom. The van der Waals surface area contributed by atoms with Gasteiger partial charge in [-0.1, -0.05) is 6.92 Å². The lowest BCUT2D eigenvalue weighted by Crippen LogP contribution is -2.50. The van der Waals surface area contributed by atoms with E-state index in [1.54, 1.807) is 6.33 Å². The largest absolute Gasteiger partial charge is 0.478 e. The second-order valence-corrected chi connectivity index (χ2v) is 5.36. The smallest absolute Gasteiger partial charge is 0.218 e. The second-order valence-electron chi connectivity index (χ2n) is 5.36. The van der Waals surface area contributed by atoms with Gasteiger partial charge in [0.15, 0.2) is 0 Å². The van der Waals surface area contributed by atoms with E-state index in [1.807, 2.05) is 13.1 Å². The van der Waals surface area contributed by atoms with Gasteiger partial charge < -0.3 is 15.0 Å². The van der Waals surface area contributed by atoms with Crippen molar-refractivity contribution in [3.05, 3.63) is 12.4 Å². The molecule has 1 fully saturated rings. The average molecular weight is 264 g/mol. The molecule has 1 N–H and O–H groups in total. The molecule has 2 heterocycles. The van der Waals surface area contributed by atoms with E-state index in [2.05, 4.69) is 34.0 Å². The fourth-order valence-electron chi connectivity index (χ4n) is 2.27. The number of nitrogens with zero attached hydrogens (tertiary/aromatic N) is 3. The zero-order valence-corrected chi connectivity index (χ0v) is 12.1. The molecule has 5 heteroatoms. The monoisotopic (exact) mass is 264 g/mol. The molecule has 0 radical (unpaired) electrons. The summed E-state index contributed by atoms with van der Waals surface area (Å²) in [4.78, 5) is 10.8. The van der Waals surface area contributed by atoms with Crippen molar-refractivity contribution in [2.24, 2.45) is 0 Å². The number of rotatable bonds is 5. The standard InChI is InChI=1S/C14H24N4O/c1-4-9-19-13-10-12(16-11-17-13)18-7-5-14(2,15-3)6-8-18/h10-11,15H,4-9H2,1-3H3. The predicted octanol–water partition coefficient (Wildman–Crippen LogP) is 1.84. The van der Waals surface area contributed by atoms with E-state index in [-0.39, 0.29) is 5.54 Å². The molecular formula is C14H24N4O. The van der Waals surface area contributed by atoms with Gasteiger partial charge in [0.25, 0.3) is 0 Å². The molecule has 1 aromatic rings. The van der Waals surface area contributed by atoms with Crippen LogP contribution in [-0.2, 0) is 0 Å². The molecule has 1 aliphatic rings. The third-order valence-corrected chi connectivity index (χ3v) is 3.88. The van der Waals surface area contributed by atoms with Gasteiger partial charge in [0.1, 0.15) is 12.1 Å². The normalized spacial score (nSPS) is 18.4. The van der Waals surface area contributed by atoms with Crippen LogP contribution in [0.25, 0.3) is 0 Å². The molecule has 0 saturated carbocycles. The minimum absolute atomic E-state index is 0.255. The van der Waals surface area contributed by atoms with Crippen molar-refractivity contribution in [1.29, 1.82) is 0 Å². The molecule has 5 nitrogen and oxygen atoms in total. The molecule has 1 aromatic heterocycles. The van der Waals surface area contributed by atoms with Gasteiger partial charge in [0.05, 0.1) is 6.61 Å². The van der Waals surface area contributed by atoms with E-state index in [4.69, 9.17) is 4.74 Å². The Morgan fingerprint density at radius 2 is 2.11 bits per heavy atom. The first-order valence-corrected chi connectivity index (χ1v) is 7.05. The molecule has 106 valence electrons. The highest BCUT2D eigenvalue weighted by molar-refractivity contribution is 5.41. The summed E-state index contributed by atoms with van der Waals surface area (Å²) < 4.78 is 5.56. The highest BCUT2D eigenvalue weighted by Crippen LogP contribution is 2.25. The summed E-state index contributed by atoms with van der Waals surface area (Å²) in [5, 5.41) is 3.41. The summed E-state index contributed by atoms with van der Waals surface area (Å²) in [5.74, 6) is 1.65. The molecule has 0 aromatic carbocycles. The lowest BCUT2D eigenvalue weighted by Gasteiger charge is -2.39. The third kappa shape index (κ3) is 3.56. The van der Waals surface area contributed by atoms with Crippen LogP contribution in [0, 0.1) is 0 Å². The number of aromatic nitrogens is 2. The van der Waals surface area contributed by atoms with Crippen molar-refractivity contribution in [1.82, 2.24) is 15.3 Å². The van der Waals surface area contributed by atoms with Gasteiger partial charge in [0.2, 0.25) is 5.88 Å². The highest BCUT2D eigenvalue weighted by Gasteiger charge is 2.28. The molecule has 1 aliphatic heterocycles. The number of hydrogen-bond donors (Lipinski definition) is 1. The first kappa shape index (κ1) is 14.1. The summed E-state index contributed by atoms with van der Waals surface area (Å²) in [5.41, 5.74) is 0.255. The Bertz CT molecular complexity index is 402. The molecule has 1 saturated heterocycles. The van der Waals surface area contributed by atoms with Gasteiger partial charge in [-0.15, -0.1) is 0 Å². The van der Waals surface area contributed by atoms with Gasteiger partial charge in [0, 0.05) is 24.7 Å². The van der Waals surface area contributed by atoms with Crippen molar-refractivity contribution >= 4 is 5.82 Å². The van der Waals surface area contributed by atoms with Crippen molar-refractivity contribution in [2.45, 2.75) is 38.6 Å². The first-order valence-electron chi connectivity index (χ1n) is 7.05. The fourth-order valence-corrected chi connectivity index (χ4v) is 2.27. The van der Waals surface area contributed by atoms with Crippen LogP contribution >= 0.6 is 0 Å². The maximum atomic E-state index is 5.56. The molecular weight excluding hydrogens is 240 g/mol. The summed E-state index contributed by atoms with van der Waals surface area (Å²) in [6, 6.07) is 1.94. The van der Waals surface area contributed by atoms with Crippen LogP contribution in [0.15, 0.2) is 12.4 Å². The van der Waals surface area contributed by atoms with Gasteiger partial charge in [-0.2, -0.15) is 0 Å². The Hall–Kier alpha value is -1.36. The van der Waals surface area contributed by atoms with Gasteiger partial charge >= 0.3 is 0 Å². The number of nitrogens with one attached hydrogen (secondary N) is 1. The Morgan fingerprint density at radius 3 is 2.74 bits per heavy atom. The number of hydrogen-bond acceptors (Lipinski definition) is 5. The van der Waals surface area contributed by atoms with Gasteiger partial charge in [-0.25, -0.2) is 9.97 Å². The van der Waals surface area contributed by atoms with E-state index in [0.717, 1.165) is 38.2 Å². The van der Waals surface area contributed by atoms with Crippen LogP contribution in [0.5, 0.6) is 5.88 Å². The molecule has 0 atom stereocenters. The Labute approximate surface area is 115 Å². The first-order chi connectivity index (χ1) is 9.17. The van der Waals surface area contributed by atoms with Crippen LogP contribution in [-0.4, -0.2) is 42.3 Å². The van der Waals surface area contributed by atoms with Gasteiger partial charge in [-0.3, -0.25) is 0 Å². The van der Waals surface area contributed by atoms with Crippen molar-refractivity contribution in [3.8, 4) is 5.88 Å². The fraction of sp³-hybridized carbons (Fsp3) is 0.714. The number of anilines is 1. The highest BCUT2D eigenvalue weighted by atomic mass is 16.5. The third-order valence-electron chi connectivity index (χ3n) is 3.88. The molecule has 0 spiro atoms. The van der Waals surface area contributed by atoms with Crippen molar-refractivity contribution in [3.63, 3.8) is 0 Å². The van der Waals surface area contributed by atoms with E-state index in [1.165, 1.54) is 0 Å². The minimum Gasteiger partial charge on any atom is -0.478 e.